The molecule has 0 aliphatic rings. The lowest BCUT2D eigenvalue weighted by Crippen LogP contribution is -2.08. The fraction of sp³-hybridized carbons (Fsp3) is 0.118. The molecule has 0 bridgehead atoms. The molecule has 0 aliphatic carbocycles. The summed E-state index contributed by atoms with van der Waals surface area (Å²) in [5.41, 5.74) is 1.65. The highest BCUT2D eigenvalue weighted by Gasteiger charge is 2.15. The van der Waals surface area contributed by atoms with Crippen LogP contribution in [0, 0.1) is 0 Å². The summed E-state index contributed by atoms with van der Waals surface area (Å²) in [5, 5.41) is 0. The van der Waals surface area contributed by atoms with E-state index in [2.05, 4.69) is 4.99 Å². The summed E-state index contributed by atoms with van der Waals surface area (Å²) in [6.45, 7) is 1.27. The zero-order valence-electron chi connectivity index (χ0n) is 12.3. The van der Waals surface area contributed by atoms with Crippen molar-refractivity contribution in [1.82, 2.24) is 0 Å². The Kier molecular flexibility index (Phi) is 5.03. The van der Waals surface area contributed by atoms with Crippen molar-refractivity contribution in [2.75, 3.05) is 7.11 Å². The van der Waals surface area contributed by atoms with Crippen LogP contribution in [-0.4, -0.2) is 25.3 Å². The summed E-state index contributed by atoms with van der Waals surface area (Å²) < 4.78 is 9.69. The summed E-state index contributed by atoms with van der Waals surface area (Å²) in [6, 6.07) is 14.3. The van der Waals surface area contributed by atoms with Gasteiger partial charge in [0.15, 0.2) is 0 Å². The van der Waals surface area contributed by atoms with Gasteiger partial charge in [0.1, 0.15) is 11.3 Å². The van der Waals surface area contributed by atoms with Crippen LogP contribution in [0.4, 0.5) is 5.69 Å². The average molecular weight is 297 g/mol. The molecule has 0 saturated carbocycles. The highest BCUT2D eigenvalue weighted by atomic mass is 16.5. The number of methoxy groups -OCH3 is 1. The molecule has 0 heterocycles. The Hall–Kier alpha value is -2.95. The SMILES string of the molecule is COC(=O)c1cc(N=Cc2ccccc2)ccc1OC(C)=O. The maximum atomic E-state index is 11.8. The smallest absolute Gasteiger partial charge is 0.341 e. The van der Waals surface area contributed by atoms with E-state index in [4.69, 9.17) is 9.47 Å². The molecule has 5 heteroatoms. The van der Waals surface area contributed by atoms with Gasteiger partial charge in [-0.25, -0.2) is 4.79 Å². The normalized spacial score (nSPS) is 10.5. The van der Waals surface area contributed by atoms with E-state index in [0.717, 1.165) is 5.56 Å². The summed E-state index contributed by atoms with van der Waals surface area (Å²) in [6.07, 6.45) is 1.68. The maximum Gasteiger partial charge on any atom is 0.341 e. The van der Waals surface area contributed by atoms with E-state index in [9.17, 15) is 9.59 Å². The second kappa shape index (κ2) is 7.17. The summed E-state index contributed by atoms with van der Waals surface area (Å²) in [4.78, 5) is 27.1. The average Bonchev–Trinajstić information content (AvgIpc) is 2.53. The molecule has 0 atom stereocenters. The molecule has 5 nitrogen and oxygen atoms in total. The fourth-order valence-corrected chi connectivity index (χ4v) is 1.80. The molecule has 0 aromatic heterocycles. The Morgan fingerprint density at radius 2 is 1.82 bits per heavy atom. The van der Waals surface area contributed by atoms with Gasteiger partial charge in [-0.1, -0.05) is 30.3 Å². The Morgan fingerprint density at radius 1 is 1.09 bits per heavy atom. The zero-order valence-corrected chi connectivity index (χ0v) is 12.3. The van der Waals surface area contributed by atoms with Gasteiger partial charge < -0.3 is 9.47 Å². The van der Waals surface area contributed by atoms with Gasteiger partial charge in [-0.15, -0.1) is 0 Å². The Bertz CT molecular complexity index is 708. The van der Waals surface area contributed by atoms with E-state index in [0.29, 0.717) is 5.69 Å². The number of nitrogens with zero attached hydrogens (tertiary/aromatic N) is 1. The second-order valence-corrected chi connectivity index (χ2v) is 4.43. The minimum absolute atomic E-state index is 0.151. The van der Waals surface area contributed by atoms with Crippen LogP contribution in [0.15, 0.2) is 53.5 Å². The largest absolute Gasteiger partial charge is 0.465 e. The highest BCUT2D eigenvalue weighted by Crippen LogP contribution is 2.25. The van der Waals surface area contributed by atoms with Crippen LogP contribution in [0.2, 0.25) is 0 Å². The molecular formula is C17H15NO4. The topological polar surface area (TPSA) is 65.0 Å². The van der Waals surface area contributed by atoms with Gasteiger partial charge in [0, 0.05) is 13.1 Å². The van der Waals surface area contributed by atoms with Gasteiger partial charge >= 0.3 is 11.9 Å². The fourth-order valence-electron chi connectivity index (χ4n) is 1.80. The van der Waals surface area contributed by atoms with Crippen molar-refractivity contribution >= 4 is 23.8 Å². The number of rotatable bonds is 4. The molecule has 0 unspecified atom stereocenters. The lowest BCUT2D eigenvalue weighted by atomic mass is 10.1. The van der Waals surface area contributed by atoms with Crippen molar-refractivity contribution in [3.8, 4) is 5.75 Å². The predicted molar refractivity (Wildman–Crippen MR) is 82.8 cm³/mol. The van der Waals surface area contributed by atoms with Gasteiger partial charge in [-0.05, 0) is 23.8 Å². The predicted octanol–water partition coefficient (Wildman–Crippen LogP) is 3.15. The lowest BCUT2D eigenvalue weighted by Gasteiger charge is -2.08. The quantitative estimate of drug-likeness (QED) is 0.494. The van der Waals surface area contributed by atoms with E-state index in [-0.39, 0.29) is 11.3 Å². The third-order valence-corrected chi connectivity index (χ3v) is 2.78. The number of carbonyl (C=O) groups is 2. The molecule has 0 spiro atoms. The first-order chi connectivity index (χ1) is 10.6. The monoisotopic (exact) mass is 297 g/mol. The van der Waals surface area contributed by atoms with Crippen molar-refractivity contribution in [1.29, 1.82) is 0 Å². The van der Waals surface area contributed by atoms with Crippen LogP contribution in [-0.2, 0) is 9.53 Å². The molecule has 0 amide bonds. The molecule has 0 fully saturated rings. The molecular weight excluding hydrogens is 282 g/mol. The molecule has 2 rings (SSSR count). The van der Waals surface area contributed by atoms with Gasteiger partial charge in [0.05, 0.1) is 12.8 Å². The Morgan fingerprint density at radius 3 is 2.45 bits per heavy atom. The van der Waals surface area contributed by atoms with Gasteiger partial charge in [0.2, 0.25) is 0 Å². The molecule has 2 aromatic carbocycles. The number of esters is 2. The lowest BCUT2D eigenvalue weighted by molar-refractivity contribution is -0.131. The number of hydrogen-bond acceptors (Lipinski definition) is 5. The standard InChI is InChI=1S/C17H15NO4/c1-12(19)22-16-9-8-14(10-15(16)17(20)21-2)18-11-13-6-4-3-5-7-13/h3-11H,1-2H3. The minimum Gasteiger partial charge on any atom is -0.465 e. The van der Waals surface area contributed by atoms with Crippen molar-refractivity contribution in [2.24, 2.45) is 4.99 Å². The minimum atomic E-state index is -0.590. The number of ether oxygens (including phenoxy) is 2. The summed E-state index contributed by atoms with van der Waals surface area (Å²) >= 11 is 0. The first kappa shape index (κ1) is 15.4. The van der Waals surface area contributed by atoms with E-state index in [1.807, 2.05) is 30.3 Å². The zero-order chi connectivity index (χ0) is 15.9. The number of aliphatic imine (C=N–C) groups is 1. The van der Waals surface area contributed by atoms with Crippen LogP contribution < -0.4 is 4.74 Å². The van der Waals surface area contributed by atoms with Crippen LogP contribution in [0.3, 0.4) is 0 Å². The molecule has 22 heavy (non-hydrogen) atoms. The van der Waals surface area contributed by atoms with Crippen molar-refractivity contribution < 1.29 is 19.1 Å². The van der Waals surface area contributed by atoms with Gasteiger partial charge in [-0.2, -0.15) is 0 Å². The summed E-state index contributed by atoms with van der Waals surface area (Å²) in [5.74, 6) is -0.947. The first-order valence-corrected chi connectivity index (χ1v) is 6.60. The highest BCUT2D eigenvalue weighted by molar-refractivity contribution is 5.94. The number of benzene rings is 2. The molecule has 0 radical (unpaired) electrons. The van der Waals surface area contributed by atoms with E-state index >= 15 is 0 Å². The molecule has 0 aliphatic heterocycles. The van der Waals surface area contributed by atoms with E-state index in [1.54, 1.807) is 12.3 Å². The number of hydrogen-bond donors (Lipinski definition) is 0. The van der Waals surface area contributed by atoms with Crippen LogP contribution in [0.5, 0.6) is 5.75 Å². The molecule has 0 N–H and O–H groups in total. The van der Waals surface area contributed by atoms with Gasteiger partial charge in [0.25, 0.3) is 0 Å². The number of carbonyl (C=O) groups excluding carboxylic acids is 2. The van der Waals surface area contributed by atoms with Gasteiger partial charge in [-0.3, -0.25) is 9.79 Å². The van der Waals surface area contributed by atoms with Crippen LogP contribution >= 0.6 is 0 Å². The van der Waals surface area contributed by atoms with Crippen LogP contribution in [0.1, 0.15) is 22.8 Å². The molecule has 2 aromatic rings. The van der Waals surface area contributed by atoms with Crippen molar-refractivity contribution in [3.05, 3.63) is 59.7 Å². The summed E-state index contributed by atoms with van der Waals surface area (Å²) in [7, 11) is 1.26. The third-order valence-electron chi connectivity index (χ3n) is 2.78. The third kappa shape index (κ3) is 4.02. The Labute approximate surface area is 128 Å². The second-order valence-electron chi connectivity index (χ2n) is 4.43. The van der Waals surface area contributed by atoms with Crippen molar-refractivity contribution in [3.63, 3.8) is 0 Å². The van der Waals surface area contributed by atoms with Crippen molar-refractivity contribution in [2.45, 2.75) is 6.92 Å². The van der Waals surface area contributed by atoms with E-state index < -0.39 is 11.9 Å². The molecule has 112 valence electrons. The van der Waals surface area contributed by atoms with E-state index in [1.165, 1.54) is 26.2 Å². The molecule has 0 saturated heterocycles. The first-order valence-electron chi connectivity index (χ1n) is 6.60. The maximum absolute atomic E-state index is 11.8. The van der Waals surface area contributed by atoms with Crippen LogP contribution in [0.25, 0.3) is 0 Å². The Balaban J connectivity index is 2.32.